The third kappa shape index (κ3) is 17.0. The molecule has 0 radical (unpaired) electrons. The lowest BCUT2D eigenvalue weighted by Crippen LogP contribution is -2.61. The number of hydrogen-bond acceptors (Lipinski definition) is 23. The minimum atomic E-state index is -4.48. The number of rotatable bonds is 32. The van der Waals surface area contributed by atoms with Crippen molar-refractivity contribution in [2.24, 2.45) is 0 Å². The average Bonchev–Trinajstić information content (AvgIpc) is 1.42. The van der Waals surface area contributed by atoms with Crippen LogP contribution in [0.2, 0.25) is 5.02 Å². The summed E-state index contributed by atoms with van der Waals surface area (Å²) in [4.78, 5) is 33.9. The quantitative estimate of drug-likeness (QED) is 0.0234. The fourth-order valence-corrected chi connectivity index (χ4v) is 15.2. The van der Waals surface area contributed by atoms with Gasteiger partial charge in [-0.2, -0.15) is 8.42 Å². The van der Waals surface area contributed by atoms with Crippen molar-refractivity contribution < 1.29 is 88.5 Å². The van der Waals surface area contributed by atoms with E-state index in [0.29, 0.717) is 88.6 Å². The Morgan fingerprint density at radius 3 is 2.06 bits per heavy atom. The van der Waals surface area contributed by atoms with Gasteiger partial charge in [-0.1, -0.05) is 103 Å². The van der Waals surface area contributed by atoms with Crippen LogP contribution in [-0.2, 0) is 66.1 Å². The van der Waals surface area contributed by atoms with Crippen LogP contribution >= 0.6 is 22.9 Å². The molecule has 0 bridgehead atoms. The van der Waals surface area contributed by atoms with Gasteiger partial charge in [-0.15, -0.1) is 11.3 Å². The van der Waals surface area contributed by atoms with Crippen molar-refractivity contribution in [3.8, 4) is 79.1 Å². The van der Waals surface area contributed by atoms with Gasteiger partial charge in [0.05, 0.1) is 41.8 Å². The number of carbonyl (C=O) groups excluding carboxylic acids is 1. The molecule has 1 fully saturated rings. The van der Waals surface area contributed by atoms with E-state index < -0.39 is 77.0 Å². The molecule has 0 saturated carbocycles. The van der Waals surface area contributed by atoms with Crippen LogP contribution in [0.3, 0.4) is 0 Å². The van der Waals surface area contributed by atoms with Crippen LogP contribution in [0.1, 0.15) is 52.9 Å². The molecule has 4 heterocycles. The standard InChI is InChI=1S/C82H80ClFN4O18S2/c1-11-99-80(90)68(42-53-40-59(89)29-36-65(53)101-45-58-38-39-85-77(88-58)52-16-15-19-62(41-52)100-46-69-73(95-7)74(96-8)75(97-9)81(98-10)105-69)104-78-71-70(76(107-79(71)87-47-86-78)51-21-27-57(84)28-22-51)64-35-37-66(72(83)50(64)4)103-49(3)44-102-108(91,92)63-34-20-48(2)67(43-63)106-82(54-17-13-12-14-18-54,55-23-30-60(93-5)31-24-55)56-25-32-61(94-6)33-26-56/h12-41,43,47,49,68-69,73-75,81,89H,11,42,44-46H2,1-10H3/t49-,68?,69-,73-,74+,75+,81+/m1/s1. The zero-order chi connectivity index (χ0) is 76.2. The summed E-state index contributed by atoms with van der Waals surface area (Å²) in [5, 5.41) is 11.5. The molecular weight excluding hydrogens is 1450 g/mol. The normalized spacial score (nSPS) is 16.5. The molecule has 1 saturated heterocycles. The summed E-state index contributed by atoms with van der Waals surface area (Å²) >= 11 is 8.59. The molecule has 11 aromatic rings. The molecule has 1 aliphatic heterocycles. The number of carbonyl (C=O) groups is 1. The number of aromatic hydroxyl groups is 1. The number of nitrogens with zero attached hydrogens (tertiary/aromatic N) is 4. The second-order valence-corrected chi connectivity index (χ2v) is 28.1. The predicted octanol–water partition coefficient (Wildman–Crippen LogP) is 15.1. The van der Waals surface area contributed by atoms with E-state index in [9.17, 15) is 22.7 Å². The van der Waals surface area contributed by atoms with Gasteiger partial charge in [0.15, 0.2) is 17.7 Å². The molecular formula is C82H80ClFN4O18S2. The van der Waals surface area contributed by atoms with Crippen LogP contribution in [0.5, 0.6) is 46.1 Å². The molecule has 1 unspecified atom stereocenters. The summed E-state index contributed by atoms with van der Waals surface area (Å²) in [5.74, 6) is 1.62. The highest BCUT2D eigenvalue weighted by Crippen LogP contribution is 2.51. The predicted molar refractivity (Wildman–Crippen MR) is 404 cm³/mol. The average molecular weight is 1530 g/mol. The number of thiophene rings is 1. The van der Waals surface area contributed by atoms with Crippen LogP contribution in [0, 0.1) is 19.7 Å². The molecule has 0 spiro atoms. The number of methoxy groups -OCH3 is 6. The third-order valence-electron chi connectivity index (χ3n) is 18.3. The number of esters is 1. The molecule has 12 rings (SSSR count). The Hall–Kier alpha value is -10.3. The van der Waals surface area contributed by atoms with Crippen LogP contribution < -0.4 is 33.2 Å². The molecule has 22 nitrogen and oxygen atoms in total. The smallest absolute Gasteiger partial charge is 0.347 e. The number of fused-ring (bicyclic) bond motifs is 1. The Labute approximate surface area is 634 Å². The Morgan fingerprint density at radius 2 is 1.38 bits per heavy atom. The van der Waals surface area contributed by atoms with Gasteiger partial charge in [0.25, 0.3) is 10.1 Å². The minimum Gasteiger partial charge on any atom is -0.508 e. The Bertz CT molecular complexity index is 5000. The van der Waals surface area contributed by atoms with Gasteiger partial charge in [-0.25, -0.2) is 29.1 Å². The van der Waals surface area contributed by atoms with Crippen molar-refractivity contribution in [1.29, 1.82) is 0 Å². The van der Waals surface area contributed by atoms with E-state index in [4.69, 9.17) is 82.3 Å². The maximum Gasteiger partial charge on any atom is 0.347 e. The number of phenolic OH excluding ortho intramolecular Hbond substituents is 1. The molecule has 26 heteroatoms. The highest BCUT2D eigenvalue weighted by Gasteiger charge is 2.48. The summed E-state index contributed by atoms with van der Waals surface area (Å²) in [5.41, 5.74) is 5.34. The van der Waals surface area contributed by atoms with E-state index >= 15 is 0 Å². The van der Waals surface area contributed by atoms with Gasteiger partial charge >= 0.3 is 5.97 Å². The molecule has 1 aliphatic rings. The van der Waals surface area contributed by atoms with Crippen LogP contribution in [0.4, 0.5) is 4.39 Å². The SMILES string of the molecule is CCOC(=O)C(Cc1cc(O)ccc1OCc1ccnc(-c2cccc(OC[C@H]3O[C@H](OC)[C@@H](OC)[C@@H](OC)[C@@H]3OC)c2)n1)Oc1ncnc2sc(-c3ccc(F)cc3)c(-c3ccc(O[C@H](C)COS(=O)(=O)c4ccc(C)c(OC(c5ccccc5)(c5ccc(OC)cc5)c5ccc(OC)cc5)c4)c(Cl)c3C)c12. The number of ether oxygens (including phenoxy) is 13. The van der Waals surface area contributed by atoms with Crippen molar-refractivity contribution in [2.45, 2.75) is 94.1 Å². The topological polar surface area (TPSA) is 252 Å². The zero-order valence-corrected chi connectivity index (χ0v) is 63.2. The van der Waals surface area contributed by atoms with E-state index in [2.05, 4.69) is 15.0 Å². The van der Waals surface area contributed by atoms with E-state index in [1.807, 2.05) is 97.9 Å². The monoisotopic (exact) mass is 1530 g/mol. The lowest BCUT2D eigenvalue weighted by Gasteiger charge is -2.44. The highest BCUT2D eigenvalue weighted by atomic mass is 35.5. The van der Waals surface area contributed by atoms with Crippen molar-refractivity contribution >= 4 is 49.2 Å². The maximum absolute atomic E-state index is 14.7. The van der Waals surface area contributed by atoms with Crippen LogP contribution in [0.25, 0.3) is 43.2 Å². The van der Waals surface area contributed by atoms with Crippen LogP contribution in [-0.4, -0.2) is 145 Å². The fourth-order valence-electron chi connectivity index (χ4n) is 12.9. The van der Waals surface area contributed by atoms with Crippen LogP contribution in [0.15, 0.2) is 199 Å². The van der Waals surface area contributed by atoms with Gasteiger partial charge in [0, 0.05) is 85.4 Å². The molecule has 0 aliphatic carbocycles. The van der Waals surface area contributed by atoms with E-state index in [1.165, 1.54) is 61.2 Å². The fraction of sp³-hybridized carbons (Fsp3) is 0.280. The first-order valence-corrected chi connectivity index (χ1v) is 37.0. The minimum absolute atomic E-state index is 0.00202. The number of hydrogen-bond donors (Lipinski definition) is 1. The van der Waals surface area contributed by atoms with Crippen molar-refractivity contribution in [3.63, 3.8) is 0 Å². The molecule has 3 aromatic heterocycles. The van der Waals surface area contributed by atoms with E-state index in [1.54, 1.807) is 117 Å². The second kappa shape index (κ2) is 34.7. The van der Waals surface area contributed by atoms with Gasteiger partial charge < -0.3 is 66.7 Å². The van der Waals surface area contributed by atoms with Crippen molar-refractivity contribution in [2.75, 3.05) is 62.5 Å². The number of aryl methyl sites for hydroxylation is 1. The zero-order valence-electron chi connectivity index (χ0n) is 60.8. The molecule has 562 valence electrons. The molecule has 0 amide bonds. The Kier molecular flexibility index (Phi) is 24.8. The summed E-state index contributed by atoms with van der Waals surface area (Å²) in [6.07, 6.45) is -2.43. The van der Waals surface area contributed by atoms with Crippen molar-refractivity contribution in [3.05, 3.63) is 244 Å². The second-order valence-electron chi connectivity index (χ2n) is 25.2. The number of phenols is 1. The van der Waals surface area contributed by atoms with Crippen molar-refractivity contribution in [1.82, 2.24) is 19.9 Å². The molecule has 8 aromatic carbocycles. The Balaban J connectivity index is 0.778. The van der Waals surface area contributed by atoms with E-state index in [0.717, 1.165) is 16.7 Å². The van der Waals surface area contributed by atoms with Gasteiger partial charge in [0.2, 0.25) is 12.0 Å². The first-order chi connectivity index (χ1) is 52.3. The summed E-state index contributed by atoms with van der Waals surface area (Å²) in [6, 6.07) is 52.1. The number of aromatic nitrogens is 4. The summed E-state index contributed by atoms with van der Waals surface area (Å²) < 4.78 is 128. The van der Waals surface area contributed by atoms with Gasteiger partial charge in [-0.05, 0) is 135 Å². The van der Waals surface area contributed by atoms with E-state index in [-0.39, 0.29) is 59.3 Å². The lowest BCUT2D eigenvalue weighted by atomic mass is 9.80. The third-order valence-corrected chi connectivity index (χ3v) is 21.2. The molecule has 7 atom stereocenters. The highest BCUT2D eigenvalue weighted by molar-refractivity contribution is 7.86. The maximum atomic E-state index is 14.7. The first-order valence-electron chi connectivity index (χ1n) is 34.4. The summed E-state index contributed by atoms with van der Waals surface area (Å²) in [7, 11) is 4.92. The number of halogens is 2. The Morgan fingerprint density at radius 1 is 0.685 bits per heavy atom. The molecule has 108 heavy (non-hydrogen) atoms. The first kappa shape index (κ1) is 77.3. The largest absolute Gasteiger partial charge is 0.508 e. The summed E-state index contributed by atoms with van der Waals surface area (Å²) in [6.45, 7) is 6.54. The number of benzene rings is 8. The molecule has 1 N–H and O–H groups in total. The van der Waals surface area contributed by atoms with Gasteiger partial charge in [0.1, 0.15) is 108 Å². The lowest BCUT2D eigenvalue weighted by molar-refractivity contribution is -0.305. The van der Waals surface area contributed by atoms with Gasteiger partial charge in [-0.3, -0.25) is 4.18 Å².